The van der Waals surface area contributed by atoms with E-state index < -0.39 is 5.60 Å². The Bertz CT molecular complexity index is 950. The van der Waals surface area contributed by atoms with Crippen LogP contribution in [0.15, 0.2) is 42.7 Å². The highest BCUT2D eigenvalue weighted by atomic mass is 16.6. The Morgan fingerprint density at radius 1 is 1.00 bits per heavy atom. The molecule has 1 aromatic heterocycles. The van der Waals surface area contributed by atoms with Gasteiger partial charge in [0.05, 0.1) is 24.0 Å². The van der Waals surface area contributed by atoms with Crippen LogP contribution in [0.3, 0.4) is 0 Å². The lowest BCUT2D eigenvalue weighted by atomic mass is 9.89. The molecule has 8 heteroatoms. The molecule has 2 saturated heterocycles. The molecular weight excluding hydrogens is 418 g/mol. The quantitative estimate of drug-likeness (QED) is 0.754. The maximum Gasteiger partial charge on any atom is 0.410 e. The topological polar surface area (TPSA) is 87.7 Å². The van der Waals surface area contributed by atoms with Gasteiger partial charge in [-0.25, -0.2) is 4.79 Å². The fourth-order valence-corrected chi connectivity index (χ4v) is 4.48. The highest BCUT2D eigenvalue weighted by Gasteiger charge is 2.29. The first-order valence-corrected chi connectivity index (χ1v) is 11.7. The standard InChI is InChI=1S/C25H33N5O3/c1-25(2,3)33-24(32)29-13-9-19(10-14-29)18-4-6-21(7-5-18)28-23(31)20-11-15-30(17-20)22-8-12-26-27-16-22/h4-8,12,16,19-20H,9-11,13-15,17H2,1-3H3,(H,28,31)/t20-/m0/s1. The van der Waals surface area contributed by atoms with Gasteiger partial charge in [0.25, 0.3) is 0 Å². The fourth-order valence-electron chi connectivity index (χ4n) is 4.48. The molecule has 2 aliphatic rings. The van der Waals surface area contributed by atoms with Gasteiger partial charge in [-0.3, -0.25) is 4.79 Å². The van der Waals surface area contributed by atoms with Crippen molar-refractivity contribution < 1.29 is 14.3 Å². The van der Waals surface area contributed by atoms with Gasteiger partial charge in [0, 0.05) is 31.9 Å². The van der Waals surface area contributed by atoms with Gasteiger partial charge in [0.1, 0.15) is 5.60 Å². The zero-order valence-electron chi connectivity index (χ0n) is 19.7. The number of rotatable bonds is 4. The number of likely N-dealkylation sites (tertiary alicyclic amines) is 1. The van der Waals surface area contributed by atoms with Crippen molar-refractivity contribution in [3.63, 3.8) is 0 Å². The monoisotopic (exact) mass is 451 g/mol. The van der Waals surface area contributed by atoms with E-state index in [-0.39, 0.29) is 17.9 Å². The summed E-state index contributed by atoms with van der Waals surface area (Å²) in [4.78, 5) is 29.0. The summed E-state index contributed by atoms with van der Waals surface area (Å²) in [5.74, 6) is 0.416. The van der Waals surface area contributed by atoms with Crippen molar-refractivity contribution in [1.82, 2.24) is 15.1 Å². The molecule has 0 spiro atoms. The number of piperidine rings is 1. The smallest absolute Gasteiger partial charge is 0.410 e. The maximum absolute atomic E-state index is 12.8. The minimum absolute atomic E-state index is 0.0463. The van der Waals surface area contributed by atoms with Crippen LogP contribution >= 0.6 is 0 Å². The first kappa shape index (κ1) is 23.0. The maximum atomic E-state index is 12.8. The van der Waals surface area contributed by atoms with Gasteiger partial charge in [0.15, 0.2) is 0 Å². The summed E-state index contributed by atoms with van der Waals surface area (Å²) in [6.07, 6.45) is 5.81. The molecule has 0 bridgehead atoms. The van der Waals surface area contributed by atoms with Crippen LogP contribution in [-0.2, 0) is 9.53 Å². The van der Waals surface area contributed by atoms with Crippen LogP contribution in [0.5, 0.6) is 0 Å². The van der Waals surface area contributed by atoms with Gasteiger partial charge in [-0.1, -0.05) is 12.1 Å². The highest BCUT2D eigenvalue weighted by molar-refractivity contribution is 5.93. The number of aromatic nitrogens is 2. The zero-order valence-corrected chi connectivity index (χ0v) is 19.7. The molecule has 1 N–H and O–H groups in total. The summed E-state index contributed by atoms with van der Waals surface area (Å²) < 4.78 is 5.48. The lowest BCUT2D eigenvalue weighted by Crippen LogP contribution is -2.41. The number of carbonyl (C=O) groups excluding carboxylic acids is 2. The van der Waals surface area contributed by atoms with E-state index in [2.05, 4.69) is 32.5 Å². The Hall–Kier alpha value is -3.16. The Kier molecular flexibility index (Phi) is 6.81. The third-order valence-corrected chi connectivity index (χ3v) is 6.29. The van der Waals surface area contributed by atoms with Crippen molar-refractivity contribution in [3.05, 3.63) is 48.3 Å². The van der Waals surface area contributed by atoms with E-state index >= 15 is 0 Å². The van der Waals surface area contributed by atoms with E-state index in [9.17, 15) is 9.59 Å². The minimum atomic E-state index is -0.471. The van der Waals surface area contributed by atoms with Crippen molar-refractivity contribution in [2.24, 2.45) is 5.92 Å². The number of benzene rings is 1. The normalized spacial score (nSPS) is 19.4. The molecule has 0 saturated carbocycles. The van der Waals surface area contributed by atoms with Crippen molar-refractivity contribution >= 4 is 23.4 Å². The van der Waals surface area contributed by atoms with Crippen molar-refractivity contribution in [1.29, 1.82) is 0 Å². The number of hydrogen-bond donors (Lipinski definition) is 1. The number of carbonyl (C=O) groups is 2. The molecule has 3 heterocycles. The molecule has 2 aromatic rings. The Morgan fingerprint density at radius 3 is 2.36 bits per heavy atom. The summed E-state index contributed by atoms with van der Waals surface area (Å²) in [6.45, 7) is 8.58. The van der Waals surface area contributed by atoms with Crippen molar-refractivity contribution in [3.8, 4) is 0 Å². The van der Waals surface area contributed by atoms with Crippen LogP contribution in [-0.4, -0.2) is 58.9 Å². The molecule has 8 nitrogen and oxygen atoms in total. The van der Waals surface area contributed by atoms with Crippen LogP contribution in [0.2, 0.25) is 0 Å². The molecule has 0 aliphatic carbocycles. The molecule has 176 valence electrons. The number of nitrogens with one attached hydrogen (secondary N) is 1. The van der Waals surface area contributed by atoms with Gasteiger partial charge < -0.3 is 19.9 Å². The van der Waals surface area contributed by atoms with Crippen LogP contribution in [0.1, 0.15) is 51.5 Å². The number of anilines is 2. The molecule has 33 heavy (non-hydrogen) atoms. The molecule has 0 radical (unpaired) electrons. The summed E-state index contributed by atoms with van der Waals surface area (Å²) >= 11 is 0. The molecule has 2 aliphatic heterocycles. The van der Waals surface area contributed by atoms with E-state index in [4.69, 9.17) is 4.74 Å². The van der Waals surface area contributed by atoms with Gasteiger partial charge in [0.2, 0.25) is 5.91 Å². The number of ether oxygens (including phenoxy) is 1. The van der Waals surface area contributed by atoms with Gasteiger partial charge >= 0.3 is 6.09 Å². The first-order chi connectivity index (χ1) is 15.8. The van der Waals surface area contributed by atoms with E-state index in [1.54, 1.807) is 17.3 Å². The molecule has 1 aromatic carbocycles. The molecule has 4 rings (SSSR count). The zero-order chi connectivity index (χ0) is 23.4. The first-order valence-electron chi connectivity index (χ1n) is 11.7. The summed E-state index contributed by atoms with van der Waals surface area (Å²) in [6, 6.07) is 10.1. The van der Waals surface area contributed by atoms with Crippen LogP contribution in [0.4, 0.5) is 16.2 Å². The van der Waals surface area contributed by atoms with Gasteiger partial charge in [-0.15, -0.1) is 0 Å². The minimum Gasteiger partial charge on any atom is -0.444 e. The average Bonchev–Trinajstić information content (AvgIpc) is 3.30. The second-order valence-electron chi connectivity index (χ2n) is 9.89. The van der Waals surface area contributed by atoms with Crippen LogP contribution < -0.4 is 10.2 Å². The van der Waals surface area contributed by atoms with Gasteiger partial charge in [-0.05, 0) is 69.7 Å². The predicted octanol–water partition coefficient (Wildman–Crippen LogP) is 4.06. The average molecular weight is 452 g/mol. The highest BCUT2D eigenvalue weighted by Crippen LogP contribution is 2.30. The largest absolute Gasteiger partial charge is 0.444 e. The van der Waals surface area contributed by atoms with E-state index in [0.717, 1.165) is 37.2 Å². The van der Waals surface area contributed by atoms with E-state index in [1.807, 2.05) is 39.0 Å². The van der Waals surface area contributed by atoms with Crippen LogP contribution in [0, 0.1) is 5.92 Å². The second kappa shape index (κ2) is 9.77. The lowest BCUT2D eigenvalue weighted by molar-refractivity contribution is -0.119. The third kappa shape index (κ3) is 6.00. The Morgan fingerprint density at radius 2 is 1.73 bits per heavy atom. The molecule has 2 amide bonds. The van der Waals surface area contributed by atoms with Gasteiger partial charge in [-0.2, -0.15) is 10.2 Å². The predicted molar refractivity (Wildman–Crippen MR) is 127 cm³/mol. The number of hydrogen-bond acceptors (Lipinski definition) is 6. The van der Waals surface area contributed by atoms with Crippen molar-refractivity contribution in [2.75, 3.05) is 36.4 Å². The molecule has 1 atom stereocenters. The molecule has 0 unspecified atom stereocenters. The molecule has 2 fully saturated rings. The third-order valence-electron chi connectivity index (χ3n) is 6.29. The summed E-state index contributed by atoms with van der Waals surface area (Å²) in [7, 11) is 0. The Labute approximate surface area is 195 Å². The summed E-state index contributed by atoms with van der Waals surface area (Å²) in [5, 5.41) is 10.8. The van der Waals surface area contributed by atoms with Crippen LogP contribution in [0.25, 0.3) is 0 Å². The van der Waals surface area contributed by atoms with E-state index in [0.29, 0.717) is 25.6 Å². The second-order valence-corrected chi connectivity index (χ2v) is 9.89. The van der Waals surface area contributed by atoms with E-state index in [1.165, 1.54) is 5.56 Å². The Balaban J connectivity index is 1.26. The molecular formula is C25H33N5O3. The lowest BCUT2D eigenvalue weighted by Gasteiger charge is -2.33. The van der Waals surface area contributed by atoms with Crippen molar-refractivity contribution in [2.45, 2.75) is 51.6 Å². The number of nitrogens with zero attached hydrogens (tertiary/aromatic N) is 4. The SMILES string of the molecule is CC(C)(C)OC(=O)N1CCC(c2ccc(NC(=O)[C@H]3CCN(c4ccnnc4)C3)cc2)CC1. The fraction of sp³-hybridized carbons (Fsp3) is 0.520. The summed E-state index contributed by atoms with van der Waals surface area (Å²) in [5.41, 5.74) is 2.59. The number of amides is 2.